The molecule has 0 spiro atoms. The zero-order valence-electron chi connectivity index (χ0n) is 8.61. The Morgan fingerprint density at radius 2 is 1.69 bits per heavy atom. The summed E-state index contributed by atoms with van der Waals surface area (Å²) in [6.07, 6.45) is 7.90. The normalized spacial score (nSPS) is 11.4. The molecular formula is C12H12Cl3V. The summed E-state index contributed by atoms with van der Waals surface area (Å²) in [5.74, 6) is 0. The molecule has 0 aliphatic heterocycles. The molecule has 0 bridgehead atoms. The van der Waals surface area contributed by atoms with Crippen LogP contribution in [0.2, 0.25) is 0 Å². The molecule has 0 saturated carbocycles. The van der Waals surface area contributed by atoms with E-state index in [0.717, 1.165) is 0 Å². The molecule has 0 nitrogen and oxygen atoms in total. The van der Waals surface area contributed by atoms with Crippen LogP contribution >= 0.6 is 0 Å². The van der Waals surface area contributed by atoms with E-state index in [9.17, 15) is 0 Å². The van der Waals surface area contributed by atoms with Crippen molar-refractivity contribution in [1.82, 2.24) is 0 Å². The van der Waals surface area contributed by atoms with Gasteiger partial charge in [0, 0.05) is 0 Å². The monoisotopic (exact) mass is 312 g/mol. The summed E-state index contributed by atoms with van der Waals surface area (Å²) in [7, 11) is 0. The van der Waals surface area contributed by atoms with Crippen LogP contribution in [0.1, 0.15) is 12.0 Å². The van der Waals surface area contributed by atoms with Gasteiger partial charge < -0.3 is 37.2 Å². The van der Waals surface area contributed by atoms with Crippen molar-refractivity contribution in [2.75, 3.05) is 0 Å². The molecule has 0 unspecified atom stereocenters. The molecule has 2 rings (SSSR count). The molecule has 0 saturated heterocycles. The van der Waals surface area contributed by atoms with E-state index in [4.69, 9.17) is 0 Å². The van der Waals surface area contributed by atoms with Crippen molar-refractivity contribution in [1.29, 1.82) is 0 Å². The molecule has 0 atom stereocenters. The third-order valence-electron chi connectivity index (χ3n) is 2.06. The average Bonchev–Trinajstić information content (AvgIpc) is 2.69. The van der Waals surface area contributed by atoms with Gasteiger partial charge in [-0.05, 0) is 0 Å². The van der Waals surface area contributed by atoms with Gasteiger partial charge >= 0.3 is 86.3 Å². The van der Waals surface area contributed by atoms with Crippen LogP contribution in [0.3, 0.4) is 0 Å². The van der Waals surface area contributed by atoms with Gasteiger partial charge in [-0.2, -0.15) is 0 Å². The van der Waals surface area contributed by atoms with Crippen molar-refractivity contribution >= 4 is 0 Å². The number of benzene rings is 1. The Bertz CT molecular complexity index is 333. The van der Waals surface area contributed by atoms with Gasteiger partial charge in [0.25, 0.3) is 0 Å². The smallest absolute Gasteiger partial charge is 1.00 e. The van der Waals surface area contributed by atoms with Gasteiger partial charge in [-0.1, -0.05) is 0 Å². The van der Waals surface area contributed by atoms with Crippen LogP contribution in [-0.4, -0.2) is 0 Å². The maximum atomic E-state index is 2.28. The molecule has 0 heterocycles. The fraction of sp³-hybridized carbons (Fsp3) is 0.167. The van der Waals surface area contributed by atoms with Gasteiger partial charge in [0.05, 0.1) is 0 Å². The minimum atomic E-state index is 0. The first-order chi connectivity index (χ1) is 6.45. The summed E-state index contributed by atoms with van der Waals surface area (Å²) in [6.45, 7) is 0. The van der Waals surface area contributed by atoms with Gasteiger partial charge in [0.15, 0.2) is 0 Å². The first-order valence-electron chi connectivity index (χ1n) is 4.52. The van der Waals surface area contributed by atoms with Crippen LogP contribution in [0.5, 0.6) is 0 Å². The molecule has 1 aromatic rings. The van der Waals surface area contributed by atoms with Crippen LogP contribution in [0, 0.1) is 0 Å². The van der Waals surface area contributed by atoms with E-state index >= 15 is 0 Å². The molecule has 86 valence electrons. The van der Waals surface area contributed by atoms with E-state index < -0.39 is 0 Å². The molecule has 0 amide bonds. The Kier molecular flexibility index (Phi) is 11.9. The molecule has 4 heteroatoms. The van der Waals surface area contributed by atoms with Crippen molar-refractivity contribution in [3.63, 3.8) is 0 Å². The van der Waals surface area contributed by atoms with Crippen LogP contribution < -0.4 is 37.2 Å². The van der Waals surface area contributed by atoms with Gasteiger partial charge in [-0.3, -0.25) is 0 Å². The van der Waals surface area contributed by atoms with E-state index in [1.807, 2.05) is 0 Å². The summed E-state index contributed by atoms with van der Waals surface area (Å²) in [4.78, 5) is 0. The maximum Gasteiger partial charge on any atom is -1.00 e. The molecular weight excluding hydrogens is 301 g/mol. The van der Waals surface area contributed by atoms with Crippen LogP contribution in [0.25, 0.3) is 0 Å². The Balaban J connectivity index is 0. The second-order valence-electron chi connectivity index (χ2n) is 3.09. The van der Waals surface area contributed by atoms with Crippen molar-refractivity contribution in [2.24, 2.45) is 0 Å². The SMILES string of the molecule is C1=CC[C]([V+3][CH2]c2ccccc2)=C1.[Cl-].[Cl-].[Cl-]. The third-order valence-corrected chi connectivity index (χ3v) is 4.03. The van der Waals surface area contributed by atoms with E-state index in [0.29, 0.717) is 16.3 Å². The molecule has 0 N–H and O–H groups in total. The topological polar surface area (TPSA) is 0 Å². The summed E-state index contributed by atoms with van der Waals surface area (Å²) in [6, 6.07) is 10.8. The molecule has 1 aromatic carbocycles. The van der Waals surface area contributed by atoms with Crippen molar-refractivity contribution in [3.05, 3.63) is 58.4 Å². The molecule has 0 radical (unpaired) electrons. The van der Waals surface area contributed by atoms with E-state index in [1.165, 1.54) is 17.1 Å². The van der Waals surface area contributed by atoms with Crippen molar-refractivity contribution in [2.45, 2.75) is 11.6 Å². The second-order valence-corrected chi connectivity index (χ2v) is 4.98. The summed E-state index contributed by atoms with van der Waals surface area (Å²) < 4.78 is 1.65. The molecule has 0 fully saturated rings. The van der Waals surface area contributed by atoms with Crippen molar-refractivity contribution in [3.8, 4) is 0 Å². The zero-order valence-corrected chi connectivity index (χ0v) is 12.3. The standard InChI is InChI=1S/C7H7.C5H5.3ClH.V/c1-7-5-3-2-4-6-7;1-2-4-5-3-1;;;;/h2-6H,1H2;1-3H,4H2;3*1H;/q;;;;;+3/p-3. The molecule has 16 heavy (non-hydrogen) atoms. The quantitative estimate of drug-likeness (QED) is 0.522. The Hall–Kier alpha value is 0.154. The molecule has 1 aliphatic carbocycles. The van der Waals surface area contributed by atoms with Crippen LogP contribution in [0.15, 0.2) is 52.8 Å². The Morgan fingerprint density at radius 1 is 1.00 bits per heavy atom. The fourth-order valence-electron chi connectivity index (χ4n) is 1.33. The van der Waals surface area contributed by atoms with E-state index in [1.54, 1.807) is 4.28 Å². The number of hydrogen-bond donors (Lipinski definition) is 0. The third kappa shape index (κ3) is 6.03. The number of hydrogen-bond acceptors (Lipinski definition) is 0. The molecule has 1 aliphatic rings. The second kappa shape index (κ2) is 10.3. The first-order valence-corrected chi connectivity index (χ1v) is 6.21. The van der Waals surface area contributed by atoms with E-state index in [2.05, 4.69) is 48.6 Å². The first kappa shape index (κ1) is 18.5. The van der Waals surface area contributed by atoms with Gasteiger partial charge in [0.2, 0.25) is 0 Å². The number of allylic oxidation sites excluding steroid dienone is 4. The molecule has 0 aromatic heterocycles. The summed E-state index contributed by atoms with van der Waals surface area (Å²) in [5.41, 5.74) is 1.48. The number of rotatable bonds is 3. The minimum Gasteiger partial charge on any atom is -1.00 e. The zero-order chi connectivity index (χ0) is 8.93. The fourth-order valence-corrected chi connectivity index (χ4v) is 2.93. The van der Waals surface area contributed by atoms with Crippen molar-refractivity contribution < 1.29 is 53.5 Å². The van der Waals surface area contributed by atoms with Gasteiger partial charge in [0.1, 0.15) is 0 Å². The Morgan fingerprint density at radius 3 is 2.25 bits per heavy atom. The largest absolute Gasteiger partial charge is 1.00 e. The van der Waals surface area contributed by atoms with Crippen LogP contribution in [-0.2, 0) is 21.4 Å². The minimum absolute atomic E-state index is 0. The van der Waals surface area contributed by atoms with Crippen LogP contribution in [0.4, 0.5) is 0 Å². The Labute approximate surface area is 123 Å². The average molecular weight is 314 g/mol. The summed E-state index contributed by atoms with van der Waals surface area (Å²) >= 11 is 0.384. The maximum absolute atomic E-state index is 2.28. The predicted octanol–water partition coefficient (Wildman–Crippen LogP) is -5.88. The summed E-state index contributed by atoms with van der Waals surface area (Å²) in [5, 5.41) is 1.27. The predicted molar refractivity (Wildman–Crippen MR) is 52.0 cm³/mol. The van der Waals surface area contributed by atoms with E-state index in [-0.39, 0.29) is 37.2 Å². The van der Waals surface area contributed by atoms with Gasteiger partial charge in [-0.25, -0.2) is 0 Å². The number of halogens is 3. The van der Waals surface area contributed by atoms with Gasteiger partial charge in [-0.15, -0.1) is 0 Å².